The highest BCUT2D eigenvalue weighted by molar-refractivity contribution is 7.91. The van der Waals surface area contributed by atoms with Crippen molar-refractivity contribution in [1.29, 1.82) is 0 Å². The van der Waals surface area contributed by atoms with E-state index in [1.165, 1.54) is 23.5 Å². The van der Waals surface area contributed by atoms with E-state index in [0.29, 0.717) is 22.3 Å². The van der Waals surface area contributed by atoms with Crippen LogP contribution in [0.25, 0.3) is 16.6 Å². The van der Waals surface area contributed by atoms with Crippen LogP contribution in [0.2, 0.25) is 0 Å². The first-order valence-electron chi connectivity index (χ1n) is 8.70. The fourth-order valence-corrected chi connectivity index (χ4v) is 4.45. The maximum absolute atomic E-state index is 13.4. The average molecular weight is 394 g/mol. The summed E-state index contributed by atoms with van der Waals surface area (Å²) in [4.78, 5) is 8.59. The third-order valence-electron chi connectivity index (χ3n) is 4.59. The molecule has 28 heavy (non-hydrogen) atoms. The fraction of sp³-hybridized carbons (Fsp3) is 0.150. The number of hydrogen-bond donors (Lipinski definition) is 0. The molecule has 0 aliphatic carbocycles. The molecule has 0 bridgehead atoms. The molecule has 0 spiro atoms. The molecular weight excluding hydrogens is 376 g/mol. The maximum Gasteiger partial charge on any atom is 0.210 e. The van der Waals surface area contributed by atoms with Crippen molar-refractivity contribution in [2.45, 2.75) is 23.1 Å². The van der Waals surface area contributed by atoms with E-state index in [-0.39, 0.29) is 9.79 Å². The minimum atomic E-state index is -3.82. The molecule has 0 saturated heterocycles. The van der Waals surface area contributed by atoms with Crippen LogP contribution in [0.15, 0.2) is 71.1 Å². The lowest BCUT2D eigenvalue weighted by atomic mass is 10.2. The molecule has 142 valence electrons. The SMILES string of the molecule is CCc1ccc(S(=O)(=O)c2cnc3ccc(OC)cc3c2-n2cncn2)cc1. The molecule has 8 heteroatoms. The zero-order valence-corrected chi connectivity index (χ0v) is 16.2. The zero-order valence-electron chi connectivity index (χ0n) is 15.4. The Bertz CT molecular complexity index is 1230. The fourth-order valence-electron chi connectivity index (χ4n) is 3.05. The van der Waals surface area contributed by atoms with Crippen molar-refractivity contribution >= 4 is 20.7 Å². The van der Waals surface area contributed by atoms with E-state index in [9.17, 15) is 8.42 Å². The van der Waals surface area contributed by atoms with Crippen molar-refractivity contribution in [2.75, 3.05) is 7.11 Å². The Morgan fingerprint density at radius 3 is 2.54 bits per heavy atom. The number of rotatable bonds is 5. The van der Waals surface area contributed by atoms with Gasteiger partial charge in [-0.1, -0.05) is 19.1 Å². The Kier molecular flexibility index (Phi) is 4.56. The molecule has 0 saturated carbocycles. The normalized spacial score (nSPS) is 11.6. The Morgan fingerprint density at radius 1 is 1.11 bits per heavy atom. The van der Waals surface area contributed by atoms with Crippen LogP contribution in [0.1, 0.15) is 12.5 Å². The van der Waals surface area contributed by atoms with Gasteiger partial charge in [-0.3, -0.25) is 4.98 Å². The van der Waals surface area contributed by atoms with Gasteiger partial charge in [-0.05, 0) is 42.3 Å². The lowest BCUT2D eigenvalue weighted by Crippen LogP contribution is -2.10. The minimum absolute atomic E-state index is 0.0583. The molecule has 0 N–H and O–H groups in total. The predicted molar refractivity (Wildman–Crippen MR) is 104 cm³/mol. The predicted octanol–water partition coefficient (Wildman–Crippen LogP) is 3.22. The van der Waals surface area contributed by atoms with E-state index in [2.05, 4.69) is 15.1 Å². The molecule has 4 rings (SSSR count). The summed E-state index contributed by atoms with van der Waals surface area (Å²) in [6.45, 7) is 2.02. The summed E-state index contributed by atoms with van der Waals surface area (Å²) in [5.74, 6) is 0.595. The number of benzene rings is 2. The average Bonchev–Trinajstić information content (AvgIpc) is 3.26. The van der Waals surface area contributed by atoms with Crippen molar-refractivity contribution in [3.05, 3.63) is 66.9 Å². The highest BCUT2D eigenvalue weighted by Gasteiger charge is 2.25. The molecule has 2 heterocycles. The first kappa shape index (κ1) is 18.1. The Balaban J connectivity index is 2.01. The first-order chi connectivity index (χ1) is 13.5. The zero-order chi connectivity index (χ0) is 19.7. The van der Waals surface area contributed by atoms with E-state index in [4.69, 9.17) is 4.74 Å². The van der Waals surface area contributed by atoms with Crippen LogP contribution >= 0.6 is 0 Å². The van der Waals surface area contributed by atoms with Crippen molar-refractivity contribution < 1.29 is 13.2 Å². The van der Waals surface area contributed by atoms with Gasteiger partial charge in [0.2, 0.25) is 9.84 Å². The Labute approximate surface area is 162 Å². The quantitative estimate of drug-likeness (QED) is 0.517. The molecule has 7 nitrogen and oxygen atoms in total. The Hall–Kier alpha value is -3.26. The van der Waals surface area contributed by atoms with E-state index < -0.39 is 9.84 Å². The lowest BCUT2D eigenvalue weighted by molar-refractivity contribution is 0.415. The number of pyridine rings is 1. The molecule has 0 aliphatic rings. The van der Waals surface area contributed by atoms with Crippen molar-refractivity contribution in [2.24, 2.45) is 0 Å². The Morgan fingerprint density at radius 2 is 1.89 bits per heavy atom. The topological polar surface area (TPSA) is 87.0 Å². The van der Waals surface area contributed by atoms with Gasteiger partial charge in [0.05, 0.1) is 23.2 Å². The van der Waals surface area contributed by atoms with Crippen LogP contribution < -0.4 is 4.74 Å². The van der Waals surface area contributed by atoms with Crippen LogP contribution in [0.3, 0.4) is 0 Å². The number of ether oxygens (including phenoxy) is 1. The summed E-state index contributed by atoms with van der Waals surface area (Å²) in [6.07, 6.45) is 5.03. The van der Waals surface area contributed by atoms with Gasteiger partial charge in [-0.15, -0.1) is 0 Å². The molecule has 2 aromatic carbocycles. The standard InChI is InChI=1S/C20H18N4O3S/c1-3-14-4-7-16(8-5-14)28(25,26)19-11-22-18-9-6-15(27-2)10-17(18)20(19)24-13-21-12-23-24/h4-13H,3H2,1-2H3. The smallest absolute Gasteiger partial charge is 0.210 e. The largest absolute Gasteiger partial charge is 0.497 e. The van der Waals surface area contributed by atoms with Gasteiger partial charge in [0.1, 0.15) is 23.3 Å². The van der Waals surface area contributed by atoms with Gasteiger partial charge in [0, 0.05) is 11.6 Å². The monoisotopic (exact) mass is 394 g/mol. The van der Waals surface area contributed by atoms with E-state index in [1.54, 1.807) is 37.4 Å². The maximum atomic E-state index is 13.4. The number of nitrogens with zero attached hydrogens (tertiary/aromatic N) is 4. The van der Waals surface area contributed by atoms with Crippen LogP contribution in [0.4, 0.5) is 0 Å². The van der Waals surface area contributed by atoms with Gasteiger partial charge in [0.15, 0.2) is 0 Å². The van der Waals surface area contributed by atoms with Crippen molar-refractivity contribution in [3.63, 3.8) is 0 Å². The number of sulfone groups is 1. The van der Waals surface area contributed by atoms with Crippen molar-refractivity contribution in [1.82, 2.24) is 19.7 Å². The second-order valence-electron chi connectivity index (χ2n) is 6.20. The van der Waals surface area contributed by atoms with Gasteiger partial charge >= 0.3 is 0 Å². The first-order valence-corrected chi connectivity index (χ1v) is 10.2. The van der Waals surface area contributed by atoms with Gasteiger partial charge < -0.3 is 4.74 Å². The van der Waals surface area contributed by atoms with Crippen LogP contribution in [0, 0.1) is 0 Å². The summed E-state index contributed by atoms with van der Waals surface area (Å²) in [6, 6.07) is 12.2. The molecular formula is C20H18N4O3S. The third kappa shape index (κ3) is 3.01. The van der Waals surface area contributed by atoms with E-state index in [0.717, 1.165) is 12.0 Å². The number of fused-ring (bicyclic) bond motifs is 1. The van der Waals surface area contributed by atoms with E-state index >= 15 is 0 Å². The molecule has 0 atom stereocenters. The van der Waals surface area contributed by atoms with Gasteiger partial charge in [-0.2, -0.15) is 5.10 Å². The summed E-state index contributed by atoms with van der Waals surface area (Å²) in [5, 5.41) is 4.77. The lowest BCUT2D eigenvalue weighted by Gasteiger charge is -2.14. The number of aromatic nitrogens is 4. The molecule has 0 unspecified atom stereocenters. The highest BCUT2D eigenvalue weighted by Crippen LogP contribution is 2.33. The number of aryl methyl sites for hydroxylation is 1. The molecule has 0 amide bonds. The molecule has 4 aromatic rings. The van der Waals surface area contributed by atoms with Gasteiger partial charge in [-0.25, -0.2) is 18.1 Å². The third-order valence-corrected chi connectivity index (χ3v) is 6.36. The summed E-state index contributed by atoms with van der Waals surface area (Å²) in [5.41, 5.74) is 2.09. The summed E-state index contributed by atoms with van der Waals surface area (Å²) in [7, 11) is -2.27. The molecule has 0 fully saturated rings. The number of methoxy groups -OCH3 is 1. The van der Waals surface area contributed by atoms with Crippen molar-refractivity contribution in [3.8, 4) is 11.4 Å². The molecule has 0 radical (unpaired) electrons. The van der Waals surface area contributed by atoms with Gasteiger partial charge in [0.25, 0.3) is 0 Å². The van der Waals surface area contributed by atoms with Crippen LogP contribution in [-0.4, -0.2) is 35.3 Å². The van der Waals surface area contributed by atoms with E-state index in [1.807, 2.05) is 19.1 Å². The number of hydrogen-bond acceptors (Lipinski definition) is 6. The highest BCUT2D eigenvalue weighted by atomic mass is 32.2. The van der Waals surface area contributed by atoms with Crippen LogP contribution in [-0.2, 0) is 16.3 Å². The summed E-state index contributed by atoms with van der Waals surface area (Å²) < 4.78 is 33.6. The molecule has 2 aromatic heterocycles. The second kappa shape index (κ2) is 7.05. The van der Waals surface area contributed by atoms with Crippen LogP contribution in [0.5, 0.6) is 5.75 Å². The summed E-state index contributed by atoms with van der Waals surface area (Å²) >= 11 is 0. The molecule has 0 aliphatic heterocycles. The second-order valence-corrected chi connectivity index (χ2v) is 8.11. The minimum Gasteiger partial charge on any atom is -0.497 e.